The smallest absolute Gasteiger partial charge is 0.326 e. The zero-order chi connectivity index (χ0) is 14.1. The van der Waals surface area contributed by atoms with Gasteiger partial charge in [-0.2, -0.15) is 0 Å². The Kier molecular flexibility index (Phi) is 7.50. The first kappa shape index (κ1) is 16.2. The summed E-state index contributed by atoms with van der Waals surface area (Å²) in [5.41, 5.74) is 0. The van der Waals surface area contributed by atoms with Crippen LogP contribution in [-0.4, -0.2) is 40.3 Å². The average molecular weight is 260 g/mol. The highest BCUT2D eigenvalue weighted by molar-refractivity contribution is 5.85. The van der Waals surface area contributed by atoms with E-state index in [1.165, 1.54) is 6.92 Å². The van der Waals surface area contributed by atoms with Crippen LogP contribution in [-0.2, 0) is 9.59 Å². The molecule has 0 fully saturated rings. The van der Waals surface area contributed by atoms with Crippen molar-refractivity contribution in [1.82, 2.24) is 10.6 Å². The molecule has 2 atom stereocenters. The van der Waals surface area contributed by atoms with Gasteiger partial charge in [0.05, 0.1) is 0 Å². The number of nitrogens with one attached hydrogen (secondary N) is 2. The van der Waals surface area contributed by atoms with Crippen molar-refractivity contribution in [2.45, 2.75) is 51.6 Å². The Morgan fingerprint density at radius 3 is 2.11 bits per heavy atom. The van der Waals surface area contributed by atoms with E-state index in [0.29, 0.717) is 12.8 Å². The zero-order valence-corrected chi connectivity index (χ0v) is 10.6. The molecule has 0 aromatic heterocycles. The van der Waals surface area contributed by atoms with Gasteiger partial charge in [0, 0.05) is 0 Å². The largest absolute Gasteiger partial charge is 0.480 e. The minimum atomic E-state index is -1.18. The second-order valence-electron chi connectivity index (χ2n) is 4.06. The molecule has 0 aromatic carbocycles. The van der Waals surface area contributed by atoms with Gasteiger partial charge >= 0.3 is 18.0 Å². The fourth-order valence-electron chi connectivity index (χ4n) is 1.31. The first-order valence-corrected chi connectivity index (χ1v) is 5.91. The molecule has 0 aromatic rings. The highest BCUT2D eigenvalue weighted by Gasteiger charge is 2.21. The van der Waals surface area contributed by atoms with Gasteiger partial charge in [0.25, 0.3) is 0 Å². The Hall–Kier alpha value is -1.79. The second-order valence-corrected chi connectivity index (χ2v) is 4.06. The van der Waals surface area contributed by atoms with E-state index in [1.807, 2.05) is 6.92 Å². The maximum atomic E-state index is 11.4. The van der Waals surface area contributed by atoms with Crippen molar-refractivity contribution in [3.63, 3.8) is 0 Å². The molecule has 0 unspecified atom stereocenters. The average Bonchev–Trinajstić information content (AvgIpc) is 2.27. The number of unbranched alkanes of at least 4 members (excludes halogenated alkanes) is 2. The van der Waals surface area contributed by atoms with Crippen LogP contribution in [0.15, 0.2) is 0 Å². The van der Waals surface area contributed by atoms with Gasteiger partial charge in [-0.3, -0.25) is 4.79 Å². The van der Waals surface area contributed by atoms with Crippen molar-refractivity contribution >= 4 is 18.0 Å². The summed E-state index contributed by atoms with van der Waals surface area (Å²) in [5.74, 6) is -2.30. The number of urea groups is 1. The van der Waals surface area contributed by atoms with Crippen LogP contribution in [0.3, 0.4) is 0 Å². The fourth-order valence-corrected chi connectivity index (χ4v) is 1.31. The number of carboxylic acid groups (broad SMARTS) is 2. The number of carbonyl (C=O) groups excluding carboxylic acids is 1. The Morgan fingerprint density at radius 2 is 1.67 bits per heavy atom. The lowest BCUT2D eigenvalue weighted by molar-refractivity contribution is -0.139. The van der Waals surface area contributed by atoms with E-state index in [0.717, 1.165) is 12.8 Å². The molecule has 0 spiro atoms. The van der Waals surface area contributed by atoms with E-state index >= 15 is 0 Å². The fraction of sp³-hybridized carbons (Fsp3) is 0.727. The summed E-state index contributed by atoms with van der Waals surface area (Å²) >= 11 is 0. The van der Waals surface area contributed by atoms with Crippen molar-refractivity contribution in [2.24, 2.45) is 0 Å². The van der Waals surface area contributed by atoms with Crippen LogP contribution in [0.1, 0.15) is 39.5 Å². The van der Waals surface area contributed by atoms with Gasteiger partial charge in [-0.25, -0.2) is 9.59 Å². The molecule has 0 aliphatic rings. The molecule has 0 aliphatic heterocycles. The van der Waals surface area contributed by atoms with Crippen LogP contribution >= 0.6 is 0 Å². The molecule has 2 amide bonds. The Balaban J connectivity index is 4.19. The summed E-state index contributed by atoms with van der Waals surface area (Å²) in [6, 6.07) is -2.83. The summed E-state index contributed by atoms with van der Waals surface area (Å²) in [7, 11) is 0. The van der Waals surface area contributed by atoms with Crippen molar-refractivity contribution in [3.05, 3.63) is 0 Å². The molecule has 0 saturated carbocycles. The van der Waals surface area contributed by atoms with Crippen LogP contribution in [0, 0.1) is 0 Å². The zero-order valence-electron chi connectivity index (χ0n) is 10.6. The lowest BCUT2D eigenvalue weighted by Gasteiger charge is -2.16. The minimum absolute atomic E-state index is 0.331. The molecular weight excluding hydrogens is 240 g/mol. The van der Waals surface area contributed by atoms with Crippen molar-refractivity contribution in [2.75, 3.05) is 0 Å². The SMILES string of the molecule is CCCCC[C@H](NC(=O)N[C@@H](C)C(=O)O)C(=O)O. The van der Waals surface area contributed by atoms with Gasteiger partial charge in [0.2, 0.25) is 0 Å². The van der Waals surface area contributed by atoms with Crippen molar-refractivity contribution in [1.29, 1.82) is 0 Å². The second kappa shape index (κ2) is 8.32. The Bertz CT molecular complexity index is 306. The number of amides is 2. The first-order valence-electron chi connectivity index (χ1n) is 5.91. The van der Waals surface area contributed by atoms with Gasteiger partial charge < -0.3 is 20.8 Å². The van der Waals surface area contributed by atoms with E-state index in [-0.39, 0.29) is 0 Å². The highest BCUT2D eigenvalue weighted by Crippen LogP contribution is 2.03. The maximum absolute atomic E-state index is 11.4. The molecule has 7 nitrogen and oxygen atoms in total. The molecule has 18 heavy (non-hydrogen) atoms. The number of hydrogen-bond acceptors (Lipinski definition) is 3. The van der Waals surface area contributed by atoms with Crippen LogP contribution in [0.25, 0.3) is 0 Å². The maximum Gasteiger partial charge on any atom is 0.326 e. The quantitative estimate of drug-likeness (QED) is 0.481. The molecule has 104 valence electrons. The van der Waals surface area contributed by atoms with E-state index in [9.17, 15) is 14.4 Å². The standard InChI is InChI=1S/C11H20N2O5/c1-3-4-5-6-8(10(16)17)13-11(18)12-7(2)9(14)15/h7-8H,3-6H2,1-2H3,(H,14,15)(H,16,17)(H2,12,13,18)/t7-,8-/m0/s1. The summed E-state index contributed by atoms with van der Waals surface area (Å²) in [6.07, 6.45) is 2.87. The van der Waals surface area contributed by atoms with E-state index in [4.69, 9.17) is 10.2 Å². The molecule has 0 saturated heterocycles. The monoisotopic (exact) mass is 260 g/mol. The molecule has 0 rings (SSSR count). The normalized spacial score (nSPS) is 13.4. The van der Waals surface area contributed by atoms with Gasteiger partial charge in [-0.05, 0) is 13.3 Å². The van der Waals surface area contributed by atoms with Crippen LogP contribution in [0.2, 0.25) is 0 Å². The molecule has 4 N–H and O–H groups in total. The van der Waals surface area contributed by atoms with Crippen LogP contribution < -0.4 is 10.6 Å². The molecule has 0 bridgehead atoms. The number of rotatable bonds is 8. The van der Waals surface area contributed by atoms with E-state index < -0.39 is 30.1 Å². The van der Waals surface area contributed by atoms with Crippen molar-refractivity contribution in [3.8, 4) is 0 Å². The molecular formula is C11H20N2O5. The van der Waals surface area contributed by atoms with Crippen molar-refractivity contribution < 1.29 is 24.6 Å². The van der Waals surface area contributed by atoms with Crippen LogP contribution in [0.4, 0.5) is 4.79 Å². The molecule has 0 aliphatic carbocycles. The highest BCUT2D eigenvalue weighted by atomic mass is 16.4. The summed E-state index contributed by atoms with van der Waals surface area (Å²) in [5, 5.41) is 21.9. The number of carbonyl (C=O) groups is 3. The summed E-state index contributed by atoms with van der Waals surface area (Å²) in [4.78, 5) is 32.8. The van der Waals surface area contributed by atoms with Gasteiger partial charge in [-0.1, -0.05) is 26.2 Å². The molecule has 0 heterocycles. The Morgan fingerprint density at radius 1 is 1.06 bits per heavy atom. The number of hydrogen-bond donors (Lipinski definition) is 4. The van der Waals surface area contributed by atoms with Gasteiger partial charge in [0.1, 0.15) is 12.1 Å². The molecule has 0 radical (unpaired) electrons. The van der Waals surface area contributed by atoms with E-state index in [1.54, 1.807) is 0 Å². The summed E-state index contributed by atoms with van der Waals surface area (Å²) in [6.45, 7) is 3.29. The summed E-state index contributed by atoms with van der Waals surface area (Å²) < 4.78 is 0. The third kappa shape index (κ3) is 6.72. The lowest BCUT2D eigenvalue weighted by atomic mass is 10.1. The predicted octanol–water partition coefficient (Wildman–Crippen LogP) is 0.792. The Labute approximate surface area is 106 Å². The van der Waals surface area contributed by atoms with Crippen LogP contribution in [0.5, 0.6) is 0 Å². The number of carboxylic acids is 2. The first-order chi connectivity index (χ1) is 8.38. The molecule has 7 heteroatoms. The van der Waals surface area contributed by atoms with Gasteiger partial charge in [0.15, 0.2) is 0 Å². The van der Waals surface area contributed by atoms with E-state index in [2.05, 4.69) is 10.6 Å². The number of aliphatic carboxylic acids is 2. The third-order valence-corrected chi connectivity index (χ3v) is 2.42. The third-order valence-electron chi connectivity index (χ3n) is 2.42. The minimum Gasteiger partial charge on any atom is -0.480 e. The lowest BCUT2D eigenvalue weighted by Crippen LogP contribution is -2.50. The predicted molar refractivity (Wildman–Crippen MR) is 64.3 cm³/mol. The topological polar surface area (TPSA) is 116 Å². The van der Waals surface area contributed by atoms with Gasteiger partial charge in [-0.15, -0.1) is 0 Å².